The molecule has 1 radical (unpaired) electrons. The van der Waals surface area contributed by atoms with E-state index in [9.17, 15) is 48.3 Å². The van der Waals surface area contributed by atoms with E-state index in [4.69, 9.17) is 10.5 Å². The summed E-state index contributed by atoms with van der Waals surface area (Å²) in [5.41, 5.74) is 4.40. The van der Waals surface area contributed by atoms with E-state index < -0.39 is 60.2 Å². The second kappa shape index (κ2) is 14.3. The van der Waals surface area contributed by atoms with Gasteiger partial charge in [-0.3, -0.25) is 27.8 Å². The zero-order valence-corrected chi connectivity index (χ0v) is 21.5. The third kappa shape index (κ3) is 9.81. The Labute approximate surface area is 216 Å². The molecule has 23 nitrogen and oxygen atoms in total. The van der Waals surface area contributed by atoms with Crippen molar-refractivity contribution in [3.63, 3.8) is 0 Å². The number of ether oxygens (including phenoxy) is 1. The predicted molar refractivity (Wildman–Crippen MR) is 105 cm³/mol. The van der Waals surface area contributed by atoms with Gasteiger partial charge in [0.15, 0.2) is 17.4 Å². The number of nitrogens with one attached hydrogen (secondary N) is 1. The average Bonchev–Trinajstić information content (AvgIpc) is 3.12. The molecule has 3 rings (SSSR count). The first-order chi connectivity index (χ1) is 14.6. The van der Waals surface area contributed by atoms with E-state index in [1.165, 1.54) is 0 Å². The van der Waals surface area contributed by atoms with Gasteiger partial charge in [-0.05, 0) is 0 Å². The molecule has 0 aromatic carbocycles. The van der Waals surface area contributed by atoms with Crippen LogP contribution in [0, 0.1) is 0 Å². The van der Waals surface area contributed by atoms with Crippen LogP contribution in [-0.2, 0) is 48.9 Å². The molecular formula is C10H21CrN5O18P3. The molecule has 0 aliphatic carbocycles. The first-order valence-electron chi connectivity index (χ1n) is 8.04. The fraction of sp³-hybridized carbons (Fsp3) is 0.500. The zero-order valence-electron chi connectivity index (χ0n) is 18.6. The smallest absolute Gasteiger partial charge is 0.790 e. The van der Waals surface area contributed by atoms with Crippen molar-refractivity contribution in [2.24, 2.45) is 0 Å². The Hall–Kier alpha value is -1.19. The van der Waals surface area contributed by atoms with Crippen molar-refractivity contribution in [3.05, 3.63) is 16.7 Å². The third-order valence-corrected chi connectivity index (χ3v) is 7.52. The number of anilines is 1. The SMILES string of the molecule is Nc1nc2c(ncn2C2OC(COP(=O)([O-])OP(=O)([O-])OP(=O)([O-])[O-])C(O)C2O)c(=O)[nH]1.O.O.O.O.[Cr+3].[H+]. The van der Waals surface area contributed by atoms with Crippen molar-refractivity contribution < 1.29 is 102 Å². The maximum atomic E-state index is 11.8. The fourth-order valence-electron chi connectivity index (χ4n) is 2.67. The van der Waals surface area contributed by atoms with Crippen LogP contribution in [0.4, 0.5) is 5.95 Å². The minimum atomic E-state index is -6.17. The van der Waals surface area contributed by atoms with Gasteiger partial charge >= 0.3 is 18.8 Å². The van der Waals surface area contributed by atoms with Gasteiger partial charge in [0.25, 0.3) is 21.2 Å². The number of aromatic amines is 1. The molecule has 1 fully saturated rings. The van der Waals surface area contributed by atoms with Crippen LogP contribution in [0.2, 0.25) is 0 Å². The number of hydrogen-bond donors (Lipinski definition) is 4. The number of H-pyrrole nitrogens is 1. The van der Waals surface area contributed by atoms with Crippen molar-refractivity contribution in [1.82, 2.24) is 19.5 Å². The van der Waals surface area contributed by atoms with Crippen molar-refractivity contribution in [1.29, 1.82) is 0 Å². The van der Waals surface area contributed by atoms with Crippen LogP contribution < -0.4 is 30.9 Å². The fourth-order valence-corrected chi connectivity index (χ4v) is 5.54. The number of nitrogen functional groups attached to an aromatic ring is 1. The standard InChI is InChI=1S/C10H16N5O14P3.Cr.4H2O/c11-10-13-7-4(8(18)14-10)12-2-15(7)9-6(17)5(16)3(27-9)1-26-31(22,23)29-32(24,25)28-30(19,20)21;;;;;/h2-3,5-6,9,16-17H,1H2,(H,22,23)(H,24,25)(H2,19,20,21)(H3,11,13,14,18);;4*1H2/q;+3;;;;/p-3. The van der Waals surface area contributed by atoms with Gasteiger partial charge < -0.3 is 71.3 Å². The van der Waals surface area contributed by atoms with Gasteiger partial charge in [-0.1, -0.05) is 0 Å². The van der Waals surface area contributed by atoms with Gasteiger partial charge in [0.05, 0.1) is 20.8 Å². The molecule has 6 unspecified atom stereocenters. The maximum Gasteiger partial charge on any atom is 3.00 e. The number of aliphatic hydroxyl groups excluding tert-OH is 2. The van der Waals surface area contributed by atoms with Crippen LogP contribution in [0.3, 0.4) is 0 Å². The van der Waals surface area contributed by atoms with Crippen LogP contribution in [-0.4, -0.2) is 76.6 Å². The molecule has 2 aromatic rings. The van der Waals surface area contributed by atoms with Crippen molar-refractivity contribution in [2.75, 3.05) is 12.3 Å². The van der Waals surface area contributed by atoms with Crippen molar-refractivity contribution >= 4 is 40.6 Å². The summed E-state index contributed by atoms with van der Waals surface area (Å²) in [7, 11) is -18.2. The molecule has 1 aliphatic heterocycles. The van der Waals surface area contributed by atoms with Crippen LogP contribution in [0.1, 0.15) is 7.65 Å². The minimum Gasteiger partial charge on any atom is -0.790 e. The maximum absolute atomic E-state index is 11.8. The molecule has 6 atom stereocenters. The van der Waals surface area contributed by atoms with Gasteiger partial charge in [-0.15, -0.1) is 0 Å². The van der Waals surface area contributed by atoms with E-state index in [2.05, 4.69) is 28.1 Å². The Morgan fingerprint density at radius 1 is 1.08 bits per heavy atom. The molecule has 0 bridgehead atoms. The second-order valence-electron chi connectivity index (χ2n) is 6.12. The predicted octanol–water partition coefficient (Wildman–Crippen LogP) is -8.05. The van der Waals surface area contributed by atoms with E-state index in [1.807, 2.05) is 0 Å². The quantitative estimate of drug-likeness (QED) is 0.194. The van der Waals surface area contributed by atoms with E-state index in [0.717, 1.165) is 10.9 Å². The van der Waals surface area contributed by atoms with Crippen LogP contribution in [0.5, 0.6) is 0 Å². The van der Waals surface area contributed by atoms with Gasteiger partial charge in [0.2, 0.25) is 5.95 Å². The number of rotatable bonds is 8. The second-order valence-corrected chi connectivity index (χ2v) is 10.4. The Balaban J connectivity index is -0.000000963. The van der Waals surface area contributed by atoms with Crippen molar-refractivity contribution in [3.8, 4) is 0 Å². The summed E-state index contributed by atoms with van der Waals surface area (Å²) in [6, 6.07) is 0. The van der Waals surface area contributed by atoms with Crippen LogP contribution >= 0.6 is 23.5 Å². The summed E-state index contributed by atoms with van der Waals surface area (Å²) >= 11 is 0. The summed E-state index contributed by atoms with van der Waals surface area (Å²) in [6.45, 7) is -1.13. The number of nitrogens with zero attached hydrogens (tertiary/aromatic N) is 3. The van der Waals surface area contributed by atoms with E-state index in [-0.39, 0.29) is 57.8 Å². The molecule has 27 heteroatoms. The summed E-state index contributed by atoms with van der Waals surface area (Å²) in [6.07, 6.45) is -5.61. The van der Waals surface area contributed by atoms with Gasteiger partial charge in [-0.25, -0.2) is 9.29 Å². The normalized spacial score (nSPS) is 24.2. The molecule has 1 aliphatic rings. The number of imidazole rings is 1. The van der Waals surface area contributed by atoms with Crippen LogP contribution in [0.15, 0.2) is 11.1 Å². The Morgan fingerprint density at radius 2 is 1.65 bits per heavy atom. The molecule has 1 saturated heterocycles. The van der Waals surface area contributed by atoms with Gasteiger partial charge in [-0.2, -0.15) is 4.98 Å². The van der Waals surface area contributed by atoms with E-state index >= 15 is 0 Å². The topological polar surface area (TPSA) is 436 Å². The summed E-state index contributed by atoms with van der Waals surface area (Å²) in [5.74, 6) is -0.299. The number of aliphatic hydroxyl groups is 2. The number of phosphoric ester groups is 1. The zero-order chi connectivity index (χ0) is 24.1. The van der Waals surface area contributed by atoms with Crippen molar-refractivity contribution in [2.45, 2.75) is 24.5 Å². The first-order valence-corrected chi connectivity index (χ1v) is 12.4. The number of hydrogen-bond acceptors (Lipinski definition) is 17. The van der Waals surface area contributed by atoms with Gasteiger partial charge in [0.1, 0.15) is 18.3 Å². The monoisotopic (exact) mass is 644 g/mol. The molecule has 0 spiro atoms. The molecular weight excluding hydrogens is 623 g/mol. The number of fused-ring (bicyclic) bond motifs is 1. The molecule has 2 aromatic heterocycles. The molecule has 13 N–H and O–H groups in total. The first kappa shape index (κ1) is 40.3. The Morgan fingerprint density at radius 3 is 2.19 bits per heavy atom. The molecule has 37 heavy (non-hydrogen) atoms. The van der Waals surface area contributed by atoms with E-state index in [0.29, 0.717) is 0 Å². The Bertz CT molecular complexity index is 1230. The largest absolute Gasteiger partial charge is 3.00 e. The minimum absolute atomic E-state index is 0. The summed E-state index contributed by atoms with van der Waals surface area (Å²) < 4.78 is 50.0. The Kier molecular flexibility index (Phi) is 15.5. The molecule has 3 heterocycles. The summed E-state index contributed by atoms with van der Waals surface area (Å²) in [4.78, 5) is 65.0. The van der Waals surface area contributed by atoms with Gasteiger partial charge in [0, 0.05) is 0 Å². The average molecular weight is 644 g/mol. The van der Waals surface area contributed by atoms with Crippen LogP contribution in [0.25, 0.3) is 11.2 Å². The molecule has 0 saturated carbocycles. The van der Waals surface area contributed by atoms with E-state index in [1.54, 1.807) is 0 Å². The number of aromatic nitrogens is 4. The third-order valence-electron chi connectivity index (χ3n) is 3.86. The number of phosphoric acid groups is 3. The summed E-state index contributed by atoms with van der Waals surface area (Å²) in [5, 5.41) is 20.3. The molecule has 0 amide bonds. The number of nitrogens with two attached hydrogens (primary N) is 1. The molecule has 215 valence electrons.